The zero-order valence-electron chi connectivity index (χ0n) is 13.7. The topological polar surface area (TPSA) is 52.0 Å². The highest BCUT2D eigenvalue weighted by molar-refractivity contribution is 5.76. The van der Waals surface area contributed by atoms with Gasteiger partial charge in [-0.3, -0.25) is 0 Å². The van der Waals surface area contributed by atoms with Gasteiger partial charge in [0.1, 0.15) is 5.75 Å². The molecule has 0 saturated carbocycles. The van der Waals surface area contributed by atoms with Crippen molar-refractivity contribution in [3.05, 3.63) is 65.7 Å². The van der Waals surface area contributed by atoms with Crippen LogP contribution in [0.1, 0.15) is 11.1 Å². The van der Waals surface area contributed by atoms with E-state index in [1.165, 1.54) is 5.56 Å². The number of aryl methyl sites for hydroxylation is 1. The third-order valence-electron chi connectivity index (χ3n) is 4.10. The molecule has 5 nitrogen and oxygen atoms in total. The average Bonchev–Trinajstić information content (AvgIpc) is 3.05. The maximum Gasteiger partial charge on any atom is 0.226 e. The fourth-order valence-corrected chi connectivity index (χ4v) is 2.70. The maximum absolute atomic E-state index is 5.21. The van der Waals surface area contributed by atoms with E-state index in [9.17, 15) is 0 Å². The smallest absolute Gasteiger partial charge is 0.226 e. The Kier molecular flexibility index (Phi) is 3.54. The first-order chi connectivity index (χ1) is 11.7. The number of nitrogens with one attached hydrogen (secondary N) is 1. The van der Waals surface area contributed by atoms with Gasteiger partial charge < -0.3 is 10.1 Å². The Labute approximate surface area is 140 Å². The lowest BCUT2D eigenvalue weighted by molar-refractivity contribution is 0.415. The highest BCUT2D eigenvalue weighted by Gasteiger charge is 2.16. The van der Waals surface area contributed by atoms with E-state index in [2.05, 4.69) is 52.7 Å². The molecule has 0 saturated heterocycles. The van der Waals surface area contributed by atoms with Gasteiger partial charge in [0.15, 0.2) is 5.82 Å². The Bertz CT molecular complexity index is 892. The van der Waals surface area contributed by atoms with Crippen molar-refractivity contribution < 1.29 is 4.74 Å². The molecule has 1 aliphatic rings. The summed E-state index contributed by atoms with van der Waals surface area (Å²) in [7, 11) is 1.67. The second-order valence-electron chi connectivity index (χ2n) is 5.78. The van der Waals surface area contributed by atoms with Gasteiger partial charge in [-0.1, -0.05) is 29.8 Å². The summed E-state index contributed by atoms with van der Waals surface area (Å²) < 4.78 is 7.08. The summed E-state index contributed by atoms with van der Waals surface area (Å²) in [5.74, 6) is 2.35. The SMILES string of the molecule is COc1ccc(C2=CCn3nc(-c4ccc(C)cc4)nc3N2)cc1. The molecule has 0 fully saturated rings. The summed E-state index contributed by atoms with van der Waals surface area (Å²) in [5.41, 5.74) is 4.38. The highest BCUT2D eigenvalue weighted by atomic mass is 16.5. The van der Waals surface area contributed by atoms with E-state index in [0.29, 0.717) is 6.54 Å². The monoisotopic (exact) mass is 318 g/mol. The minimum absolute atomic E-state index is 0.697. The number of anilines is 1. The number of allylic oxidation sites excluding steroid dienone is 1. The van der Waals surface area contributed by atoms with Crippen molar-refractivity contribution in [1.82, 2.24) is 14.8 Å². The summed E-state index contributed by atoms with van der Waals surface area (Å²) in [6, 6.07) is 16.2. The van der Waals surface area contributed by atoms with Crippen LogP contribution in [0.2, 0.25) is 0 Å². The molecule has 0 unspecified atom stereocenters. The molecule has 5 heteroatoms. The third-order valence-corrected chi connectivity index (χ3v) is 4.10. The lowest BCUT2D eigenvalue weighted by Crippen LogP contribution is -2.13. The molecule has 2 aromatic carbocycles. The molecule has 0 spiro atoms. The van der Waals surface area contributed by atoms with Gasteiger partial charge in [-0.15, -0.1) is 5.10 Å². The molecule has 2 heterocycles. The van der Waals surface area contributed by atoms with Crippen LogP contribution in [0.3, 0.4) is 0 Å². The van der Waals surface area contributed by atoms with Crippen molar-refractivity contribution in [2.45, 2.75) is 13.5 Å². The first-order valence-corrected chi connectivity index (χ1v) is 7.86. The van der Waals surface area contributed by atoms with Crippen LogP contribution in [-0.4, -0.2) is 21.9 Å². The highest BCUT2D eigenvalue weighted by Crippen LogP contribution is 2.26. The van der Waals surface area contributed by atoms with Gasteiger partial charge in [-0.2, -0.15) is 4.98 Å². The molecular formula is C19H18N4O. The zero-order chi connectivity index (χ0) is 16.5. The van der Waals surface area contributed by atoms with Crippen LogP contribution in [0, 0.1) is 6.92 Å². The van der Waals surface area contributed by atoms with Crippen molar-refractivity contribution in [3.8, 4) is 17.1 Å². The molecule has 0 amide bonds. The van der Waals surface area contributed by atoms with Crippen LogP contribution in [0.25, 0.3) is 17.1 Å². The van der Waals surface area contributed by atoms with Crippen molar-refractivity contribution in [3.63, 3.8) is 0 Å². The normalized spacial score (nSPS) is 13.0. The molecule has 120 valence electrons. The number of fused-ring (bicyclic) bond motifs is 1. The predicted molar refractivity (Wildman–Crippen MR) is 94.8 cm³/mol. The van der Waals surface area contributed by atoms with Crippen molar-refractivity contribution in [2.24, 2.45) is 0 Å². The lowest BCUT2D eigenvalue weighted by Gasteiger charge is -2.16. The number of rotatable bonds is 3. The molecule has 1 aliphatic heterocycles. The Morgan fingerprint density at radius 1 is 1.00 bits per heavy atom. The summed E-state index contributed by atoms with van der Waals surface area (Å²) in [6.07, 6.45) is 2.11. The van der Waals surface area contributed by atoms with Gasteiger partial charge in [0.2, 0.25) is 5.95 Å². The lowest BCUT2D eigenvalue weighted by atomic mass is 10.1. The molecule has 1 aromatic heterocycles. The second kappa shape index (κ2) is 5.85. The van der Waals surface area contributed by atoms with Crippen LogP contribution >= 0.6 is 0 Å². The van der Waals surface area contributed by atoms with E-state index in [0.717, 1.165) is 34.3 Å². The fraction of sp³-hybridized carbons (Fsp3) is 0.158. The van der Waals surface area contributed by atoms with E-state index in [1.54, 1.807) is 7.11 Å². The summed E-state index contributed by atoms with van der Waals surface area (Å²) in [6.45, 7) is 2.77. The number of benzene rings is 2. The van der Waals surface area contributed by atoms with Crippen LogP contribution in [0.5, 0.6) is 5.75 Å². The average molecular weight is 318 g/mol. The van der Waals surface area contributed by atoms with Crippen LogP contribution in [0.4, 0.5) is 5.95 Å². The molecule has 1 N–H and O–H groups in total. The van der Waals surface area contributed by atoms with Crippen molar-refractivity contribution >= 4 is 11.6 Å². The minimum atomic E-state index is 0.697. The van der Waals surface area contributed by atoms with Gasteiger partial charge in [0.05, 0.1) is 13.7 Å². The molecule has 0 radical (unpaired) electrons. The van der Waals surface area contributed by atoms with Gasteiger partial charge in [0.25, 0.3) is 0 Å². The summed E-state index contributed by atoms with van der Waals surface area (Å²) in [5, 5.41) is 7.95. The molecule has 24 heavy (non-hydrogen) atoms. The Balaban J connectivity index is 1.59. The van der Waals surface area contributed by atoms with Crippen molar-refractivity contribution in [2.75, 3.05) is 12.4 Å². The van der Waals surface area contributed by atoms with Gasteiger partial charge in [-0.05, 0) is 42.8 Å². The Morgan fingerprint density at radius 3 is 2.42 bits per heavy atom. The third kappa shape index (κ3) is 2.65. The quantitative estimate of drug-likeness (QED) is 0.799. The standard InChI is InChI=1S/C19H18N4O/c1-13-3-5-15(6-4-13)18-21-19-20-17(11-12-23(19)22-18)14-7-9-16(24-2)10-8-14/h3-11H,12H2,1-2H3,(H,20,21,22). The summed E-state index contributed by atoms with van der Waals surface area (Å²) >= 11 is 0. The molecule has 4 rings (SSSR count). The predicted octanol–water partition coefficient (Wildman–Crippen LogP) is 3.73. The van der Waals surface area contributed by atoms with Gasteiger partial charge >= 0.3 is 0 Å². The van der Waals surface area contributed by atoms with Crippen LogP contribution < -0.4 is 10.1 Å². The fourth-order valence-electron chi connectivity index (χ4n) is 2.70. The molecule has 3 aromatic rings. The summed E-state index contributed by atoms with van der Waals surface area (Å²) in [4.78, 5) is 4.64. The van der Waals surface area contributed by atoms with Gasteiger partial charge in [0, 0.05) is 11.3 Å². The van der Waals surface area contributed by atoms with Gasteiger partial charge in [-0.25, -0.2) is 4.68 Å². The zero-order valence-corrected chi connectivity index (χ0v) is 13.7. The minimum Gasteiger partial charge on any atom is -0.497 e. The van der Waals surface area contributed by atoms with Crippen LogP contribution in [0.15, 0.2) is 54.6 Å². The van der Waals surface area contributed by atoms with E-state index >= 15 is 0 Å². The molecule has 0 aliphatic carbocycles. The maximum atomic E-state index is 5.21. The van der Waals surface area contributed by atoms with E-state index < -0.39 is 0 Å². The van der Waals surface area contributed by atoms with E-state index in [1.807, 2.05) is 28.9 Å². The van der Waals surface area contributed by atoms with E-state index in [4.69, 9.17) is 4.74 Å². The molecule has 0 bridgehead atoms. The first-order valence-electron chi connectivity index (χ1n) is 7.86. The molecular weight excluding hydrogens is 300 g/mol. The Hall–Kier alpha value is -3.08. The second-order valence-corrected chi connectivity index (χ2v) is 5.78. The number of hydrogen-bond acceptors (Lipinski definition) is 4. The van der Waals surface area contributed by atoms with Crippen LogP contribution in [-0.2, 0) is 6.54 Å². The van der Waals surface area contributed by atoms with E-state index in [-0.39, 0.29) is 0 Å². The number of aromatic nitrogens is 3. The first kappa shape index (κ1) is 14.5. The number of hydrogen-bond donors (Lipinski definition) is 1. The number of ether oxygens (including phenoxy) is 1. The van der Waals surface area contributed by atoms with Crippen molar-refractivity contribution in [1.29, 1.82) is 0 Å². The number of nitrogens with zero attached hydrogens (tertiary/aromatic N) is 3. The number of methoxy groups -OCH3 is 1. The largest absolute Gasteiger partial charge is 0.497 e. The molecule has 0 atom stereocenters. The Morgan fingerprint density at radius 2 is 1.71 bits per heavy atom.